The molecule has 1 aliphatic rings. The second kappa shape index (κ2) is 8.08. The van der Waals surface area contributed by atoms with Crippen LogP contribution in [0.4, 0.5) is 8.78 Å². The van der Waals surface area contributed by atoms with E-state index in [4.69, 9.17) is 0 Å². The number of guanidine groups is 1. The van der Waals surface area contributed by atoms with Gasteiger partial charge in [0.05, 0.1) is 0 Å². The second-order valence-corrected chi connectivity index (χ2v) is 5.45. The lowest BCUT2D eigenvalue weighted by Gasteiger charge is -2.20. The average Bonchev–Trinajstić information content (AvgIpc) is 3.34. The van der Waals surface area contributed by atoms with E-state index in [0.29, 0.717) is 5.96 Å². The molecule has 2 N–H and O–H groups in total. The van der Waals surface area contributed by atoms with E-state index in [1.807, 2.05) is 0 Å². The Morgan fingerprint density at radius 1 is 1.32 bits per heavy atom. The van der Waals surface area contributed by atoms with Crippen molar-refractivity contribution in [3.63, 3.8) is 0 Å². The minimum absolute atomic E-state index is 0.198. The predicted octanol–water partition coefficient (Wildman–Crippen LogP) is 2.11. The van der Waals surface area contributed by atoms with Gasteiger partial charge in [-0.25, -0.2) is 8.78 Å². The van der Waals surface area contributed by atoms with E-state index in [1.165, 1.54) is 18.9 Å². The Morgan fingerprint density at radius 3 is 2.73 bits per heavy atom. The van der Waals surface area contributed by atoms with Crippen LogP contribution in [0.15, 0.2) is 23.2 Å². The molecule has 0 amide bonds. The summed E-state index contributed by atoms with van der Waals surface area (Å²) in [4.78, 5) is 6.54. The fourth-order valence-corrected chi connectivity index (χ4v) is 2.43. The number of nitrogens with zero attached hydrogens (tertiary/aromatic N) is 2. The zero-order valence-electron chi connectivity index (χ0n) is 13.2. The lowest BCUT2D eigenvalue weighted by Crippen LogP contribution is -2.41. The minimum Gasteiger partial charge on any atom is -0.355 e. The largest absolute Gasteiger partial charge is 0.355 e. The number of aliphatic imine (C=N–C) groups is 1. The molecule has 0 saturated heterocycles. The van der Waals surface area contributed by atoms with E-state index >= 15 is 0 Å². The molecule has 0 heterocycles. The molecule has 4 nitrogen and oxygen atoms in total. The van der Waals surface area contributed by atoms with Gasteiger partial charge in [-0.3, -0.25) is 9.89 Å². The summed E-state index contributed by atoms with van der Waals surface area (Å²) in [6.45, 7) is 5.14. The predicted molar refractivity (Wildman–Crippen MR) is 84.8 cm³/mol. The number of benzene rings is 1. The maximum absolute atomic E-state index is 13.5. The van der Waals surface area contributed by atoms with E-state index < -0.39 is 11.6 Å². The molecule has 22 heavy (non-hydrogen) atoms. The molecule has 0 aromatic heterocycles. The van der Waals surface area contributed by atoms with Crippen LogP contribution in [0.3, 0.4) is 0 Å². The molecule has 1 fully saturated rings. The summed E-state index contributed by atoms with van der Waals surface area (Å²) in [5.41, 5.74) is 0.288. The number of rotatable bonds is 7. The molecule has 122 valence electrons. The van der Waals surface area contributed by atoms with Crippen LogP contribution >= 0.6 is 0 Å². The summed E-state index contributed by atoms with van der Waals surface area (Å²) >= 11 is 0. The van der Waals surface area contributed by atoms with E-state index in [2.05, 4.69) is 27.4 Å². The zero-order chi connectivity index (χ0) is 15.9. The Morgan fingerprint density at radius 2 is 2.09 bits per heavy atom. The maximum atomic E-state index is 13.5. The summed E-state index contributed by atoms with van der Waals surface area (Å²) in [5.74, 6) is -0.269. The monoisotopic (exact) mass is 310 g/mol. The molecule has 0 unspecified atom stereocenters. The molecule has 0 radical (unpaired) electrons. The van der Waals surface area contributed by atoms with Gasteiger partial charge in [-0.15, -0.1) is 0 Å². The number of hydrogen-bond donors (Lipinski definition) is 2. The normalized spacial score (nSPS) is 15.2. The van der Waals surface area contributed by atoms with Crippen molar-refractivity contribution < 1.29 is 8.78 Å². The van der Waals surface area contributed by atoms with Gasteiger partial charge in [0.25, 0.3) is 0 Å². The molecule has 6 heteroatoms. The first-order valence-electron chi connectivity index (χ1n) is 7.76. The van der Waals surface area contributed by atoms with Gasteiger partial charge in [-0.05, 0) is 37.6 Å². The first-order valence-corrected chi connectivity index (χ1v) is 7.76. The van der Waals surface area contributed by atoms with Gasteiger partial charge < -0.3 is 10.6 Å². The Hall–Kier alpha value is -1.69. The van der Waals surface area contributed by atoms with Gasteiger partial charge in [0, 0.05) is 38.3 Å². The minimum atomic E-state index is -0.441. The first-order chi connectivity index (χ1) is 10.6. The molecule has 1 aromatic rings. The van der Waals surface area contributed by atoms with Crippen molar-refractivity contribution in [2.45, 2.75) is 32.4 Å². The number of halogens is 2. The third kappa shape index (κ3) is 4.94. The van der Waals surface area contributed by atoms with Crippen LogP contribution in [0.5, 0.6) is 0 Å². The molecule has 1 aromatic carbocycles. The molecular weight excluding hydrogens is 286 g/mol. The van der Waals surface area contributed by atoms with Crippen LogP contribution in [-0.4, -0.2) is 43.6 Å². The molecule has 2 rings (SSSR count). The fourth-order valence-electron chi connectivity index (χ4n) is 2.43. The van der Waals surface area contributed by atoms with Crippen molar-refractivity contribution in [3.8, 4) is 0 Å². The smallest absolute Gasteiger partial charge is 0.191 e. The quantitative estimate of drug-likeness (QED) is 0.598. The van der Waals surface area contributed by atoms with Crippen molar-refractivity contribution in [2.24, 2.45) is 4.99 Å². The average molecular weight is 310 g/mol. The van der Waals surface area contributed by atoms with Gasteiger partial charge in [0.15, 0.2) is 5.96 Å². The summed E-state index contributed by atoms with van der Waals surface area (Å²) in [6, 6.07) is 4.19. The highest BCUT2D eigenvalue weighted by molar-refractivity contribution is 5.79. The van der Waals surface area contributed by atoms with Crippen LogP contribution in [0.2, 0.25) is 0 Å². The SMILES string of the molecule is CCN(CCNC(=NC)NCc1cc(F)ccc1F)C1CC1. The fraction of sp³-hybridized carbons (Fsp3) is 0.562. The molecular formula is C16H24F2N4. The van der Waals surface area contributed by atoms with Crippen molar-refractivity contribution in [2.75, 3.05) is 26.7 Å². The van der Waals surface area contributed by atoms with Crippen molar-refractivity contribution >= 4 is 5.96 Å². The maximum Gasteiger partial charge on any atom is 0.191 e. The summed E-state index contributed by atoms with van der Waals surface area (Å²) < 4.78 is 26.7. The summed E-state index contributed by atoms with van der Waals surface area (Å²) in [7, 11) is 1.66. The molecule has 0 bridgehead atoms. The Kier molecular flexibility index (Phi) is 6.12. The van der Waals surface area contributed by atoms with Crippen molar-refractivity contribution in [1.82, 2.24) is 15.5 Å². The van der Waals surface area contributed by atoms with Crippen LogP contribution in [0, 0.1) is 11.6 Å². The van der Waals surface area contributed by atoms with Crippen LogP contribution in [0.25, 0.3) is 0 Å². The van der Waals surface area contributed by atoms with Gasteiger partial charge in [-0.1, -0.05) is 6.92 Å². The molecule has 1 saturated carbocycles. The van der Waals surface area contributed by atoms with Gasteiger partial charge >= 0.3 is 0 Å². The van der Waals surface area contributed by atoms with Crippen molar-refractivity contribution in [3.05, 3.63) is 35.4 Å². The molecule has 0 spiro atoms. The zero-order valence-corrected chi connectivity index (χ0v) is 13.2. The first kappa shape index (κ1) is 16.7. The molecule has 0 atom stereocenters. The second-order valence-electron chi connectivity index (χ2n) is 5.45. The van der Waals surface area contributed by atoms with E-state index in [9.17, 15) is 8.78 Å². The third-order valence-electron chi connectivity index (χ3n) is 3.84. The highest BCUT2D eigenvalue weighted by Gasteiger charge is 2.27. The van der Waals surface area contributed by atoms with E-state index in [0.717, 1.165) is 37.8 Å². The van der Waals surface area contributed by atoms with Gasteiger partial charge in [0.2, 0.25) is 0 Å². The lowest BCUT2D eigenvalue weighted by atomic mass is 10.2. The number of hydrogen-bond acceptors (Lipinski definition) is 2. The van der Waals surface area contributed by atoms with Crippen LogP contribution < -0.4 is 10.6 Å². The van der Waals surface area contributed by atoms with Gasteiger partial charge in [-0.2, -0.15) is 0 Å². The number of nitrogens with one attached hydrogen (secondary N) is 2. The highest BCUT2D eigenvalue weighted by Crippen LogP contribution is 2.25. The molecule has 1 aliphatic carbocycles. The molecule has 0 aliphatic heterocycles. The van der Waals surface area contributed by atoms with Crippen LogP contribution in [-0.2, 0) is 6.54 Å². The standard InChI is InChI=1S/C16H24F2N4/c1-3-22(14-5-6-14)9-8-20-16(19-2)21-11-12-10-13(17)4-7-15(12)18/h4,7,10,14H,3,5-6,8-9,11H2,1-2H3,(H2,19,20,21). The summed E-state index contributed by atoms with van der Waals surface area (Å²) in [6.07, 6.45) is 2.58. The van der Waals surface area contributed by atoms with E-state index in [-0.39, 0.29) is 12.1 Å². The topological polar surface area (TPSA) is 39.7 Å². The van der Waals surface area contributed by atoms with E-state index in [1.54, 1.807) is 7.05 Å². The third-order valence-corrected chi connectivity index (χ3v) is 3.84. The Bertz CT molecular complexity index is 515. The lowest BCUT2D eigenvalue weighted by molar-refractivity contribution is 0.282. The van der Waals surface area contributed by atoms with Crippen LogP contribution in [0.1, 0.15) is 25.3 Å². The Balaban J connectivity index is 1.76. The van der Waals surface area contributed by atoms with Gasteiger partial charge in [0.1, 0.15) is 11.6 Å². The number of likely N-dealkylation sites (N-methyl/N-ethyl adjacent to an activating group) is 1. The summed E-state index contributed by atoms with van der Waals surface area (Å²) in [5, 5.41) is 6.21. The van der Waals surface area contributed by atoms with Crippen molar-refractivity contribution in [1.29, 1.82) is 0 Å². The Labute approximate surface area is 130 Å². The highest BCUT2D eigenvalue weighted by atomic mass is 19.1.